The molecule has 0 heterocycles. The van der Waals surface area contributed by atoms with Crippen LogP contribution in [0.2, 0.25) is 0 Å². The van der Waals surface area contributed by atoms with Crippen LogP contribution in [0.1, 0.15) is 42.1 Å². The predicted octanol–water partition coefficient (Wildman–Crippen LogP) is 1.43. The van der Waals surface area contributed by atoms with E-state index in [0.29, 0.717) is 24.6 Å². The summed E-state index contributed by atoms with van der Waals surface area (Å²) in [7, 11) is 0. The molecule has 2 rings (SSSR count). The maximum atomic E-state index is 12.3. The van der Waals surface area contributed by atoms with E-state index in [-0.39, 0.29) is 42.6 Å². The number of nitro benzene ring substituents is 1. The van der Waals surface area contributed by atoms with Crippen molar-refractivity contribution in [1.82, 2.24) is 10.2 Å². The summed E-state index contributed by atoms with van der Waals surface area (Å²) in [5.74, 6) is 0.0121. The van der Waals surface area contributed by atoms with E-state index in [1.54, 1.807) is 24.0 Å². The molecule has 1 aliphatic carbocycles. The summed E-state index contributed by atoms with van der Waals surface area (Å²) in [5.41, 5.74) is 5.97. The van der Waals surface area contributed by atoms with E-state index in [2.05, 4.69) is 5.32 Å². The molecule has 136 valence electrons. The van der Waals surface area contributed by atoms with Gasteiger partial charge >= 0.3 is 0 Å². The van der Waals surface area contributed by atoms with Crippen molar-refractivity contribution in [1.29, 1.82) is 0 Å². The minimum Gasteiger partial charge on any atom is -0.352 e. The average molecular weight is 348 g/mol. The van der Waals surface area contributed by atoms with Gasteiger partial charge in [0, 0.05) is 43.2 Å². The minimum absolute atomic E-state index is 0.100. The Morgan fingerprint density at radius 1 is 1.40 bits per heavy atom. The molecule has 0 saturated heterocycles. The highest BCUT2D eigenvalue weighted by Gasteiger charge is 2.28. The zero-order chi connectivity index (χ0) is 18.4. The fourth-order valence-corrected chi connectivity index (χ4v) is 2.63. The van der Waals surface area contributed by atoms with E-state index in [1.807, 2.05) is 0 Å². The standard InChI is InChI=1S/C17H24N4O4/c1-2-19-17(23)13-5-6-14(15(9-13)21(24)25)11-20(10-12-3-4-12)16(22)7-8-18/h5-6,9,12H,2-4,7-8,10-11,18H2,1H3,(H,19,23). The molecule has 1 saturated carbocycles. The summed E-state index contributed by atoms with van der Waals surface area (Å²) in [5, 5.41) is 14.0. The highest BCUT2D eigenvalue weighted by atomic mass is 16.6. The molecule has 1 aromatic rings. The highest BCUT2D eigenvalue weighted by molar-refractivity contribution is 5.95. The molecular weight excluding hydrogens is 324 g/mol. The maximum Gasteiger partial charge on any atom is 0.275 e. The lowest BCUT2D eigenvalue weighted by Crippen LogP contribution is -2.34. The van der Waals surface area contributed by atoms with Crippen LogP contribution in [-0.4, -0.2) is 41.3 Å². The smallest absolute Gasteiger partial charge is 0.275 e. The Morgan fingerprint density at radius 2 is 2.12 bits per heavy atom. The predicted molar refractivity (Wildman–Crippen MR) is 92.9 cm³/mol. The molecule has 0 unspecified atom stereocenters. The lowest BCUT2D eigenvalue weighted by molar-refractivity contribution is -0.385. The first-order chi connectivity index (χ1) is 12.0. The van der Waals surface area contributed by atoms with Crippen molar-refractivity contribution in [2.45, 2.75) is 32.7 Å². The van der Waals surface area contributed by atoms with Gasteiger partial charge in [-0.05, 0) is 37.8 Å². The number of carbonyl (C=O) groups excluding carboxylic acids is 2. The van der Waals surface area contributed by atoms with Crippen molar-refractivity contribution < 1.29 is 14.5 Å². The molecule has 1 fully saturated rings. The zero-order valence-corrected chi connectivity index (χ0v) is 14.4. The molecule has 8 nitrogen and oxygen atoms in total. The topological polar surface area (TPSA) is 119 Å². The van der Waals surface area contributed by atoms with Gasteiger partial charge in [0.05, 0.1) is 11.5 Å². The van der Waals surface area contributed by atoms with E-state index < -0.39 is 4.92 Å². The Kier molecular flexibility index (Phi) is 6.46. The quantitative estimate of drug-likeness (QED) is 0.517. The number of hydrogen-bond donors (Lipinski definition) is 2. The Morgan fingerprint density at radius 3 is 2.68 bits per heavy atom. The van der Waals surface area contributed by atoms with E-state index in [0.717, 1.165) is 12.8 Å². The fraction of sp³-hybridized carbons (Fsp3) is 0.529. The normalized spacial score (nSPS) is 13.4. The summed E-state index contributed by atoms with van der Waals surface area (Å²) < 4.78 is 0. The van der Waals surface area contributed by atoms with Crippen LogP contribution >= 0.6 is 0 Å². The van der Waals surface area contributed by atoms with Crippen LogP contribution < -0.4 is 11.1 Å². The van der Waals surface area contributed by atoms with Crippen LogP contribution in [0.25, 0.3) is 0 Å². The lowest BCUT2D eigenvalue weighted by Gasteiger charge is -2.22. The number of nitrogens with zero attached hydrogens (tertiary/aromatic N) is 2. The van der Waals surface area contributed by atoms with Gasteiger partial charge in [-0.15, -0.1) is 0 Å². The molecule has 0 atom stereocenters. The molecule has 0 aromatic heterocycles. The van der Waals surface area contributed by atoms with E-state index >= 15 is 0 Å². The van der Waals surface area contributed by atoms with Crippen molar-refractivity contribution in [3.05, 3.63) is 39.4 Å². The van der Waals surface area contributed by atoms with Crippen molar-refractivity contribution in [2.24, 2.45) is 11.7 Å². The SMILES string of the molecule is CCNC(=O)c1ccc(CN(CC2CC2)C(=O)CCN)c([N+](=O)[O-])c1. The van der Waals surface area contributed by atoms with Crippen LogP contribution in [0.4, 0.5) is 5.69 Å². The van der Waals surface area contributed by atoms with Gasteiger partial charge in [0.1, 0.15) is 0 Å². The van der Waals surface area contributed by atoms with Gasteiger partial charge in [0.15, 0.2) is 0 Å². The second-order valence-corrected chi connectivity index (χ2v) is 6.22. The van der Waals surface area contributed by atoms with E-state index in [9.17, 15) is 19.7 Å². The zero-order valence-electron chi connectivity index (χ0n) is 14.4. The molecule has 25 heavy (non-hydrogen) atoms. The van der Waals surface area contributed by atoms with Gasteiger partial charge < -0.3 is 16.0 Å². The number of benzene rings is 1. The van der Waals surface area contributed by atoms with Crippen LogP contribution in [0, 0.1) is 16.0 Å². The first kappa shape index (κ1) is 18.9. The Bertz CT molecular complexity index is 658. The molecule has 0 radical (unpaired) electrons. The number of nitrogens with two attached hydrogens (primary N) is 1. The average Bonchev–Trinajstić information content (AvgIpc) is 3.38. The van der Waals surface area contributed by atoms with Crippen LogP contribution in [-0.2, 0) is 11.3 Å². The van der Waals surface area contributed by atoms with Crippen LogP contribution in [0.3, 0.4) is 0 Å². The number of nitro groups is 1. The van der Waals surface area contributed by atoms with Gasteiger partial charge in [-0.2, -0.15) is 0 Å². The van der Waals surface area contributed by atoms with Gasteiger partial charge in [-0.3, -0.25) is 19.7 Å². The minimum atomic E-state index is -0.513. The summed E-state index contributed by atoms with van der Waals surface area (Å²) in [6.07, 6.45) is 2.37. The summed E-state index contributed by atoms with van der Waals surface area (Å²) >= 11 is 0. The third-order valence-corrected chi connectivity index (χ3v) is 4.13. The fourth-order valence-electron chi connectivity index (χ4n) is 2.63. The number of rotatable bonds is 9. The molecule has 0 spiro atoms. The van der Waals surface area contributed by atoms with E-state index in [1.165, 1.54) is 6.07 Å². The highest BCUT2D eigenvalue weighted by Crippen LogP contribution is 2.31. The largest absolute Gasteiger partial charge is 0.352 e. The lowest BCUT2D eigenvalue weighted by atomic mass is 10.1. The van der Waals surface area contributed by atoms with E-state index in [4.69, 9.17) is 5.73 Å². The van der Waals surface area contributed by atoms with Crippen LogP contribution in [0.15, 0.2) is 18.2 Å². The van der Waals surface area contributed by atoms with Crippen molar-refractivity contribution in [2.75, 3.05) is 19.6 Å². The van der Waals surface area contributed by atoms with Crippen molar-refractivity contribution in [3.8, 4) is 0 Å². The molecule has 0 bridgehead atoms. The van der Waals surface area contributed by atoms with Crippen LogP contribution in [0.5, 0.6) is 0 Å². The third-order valence-electron chi connectivity index (χ3n) is 4.13. The molecular formula is C17H24N4O4. The molecule has 0 aliphatic heterocycles. The maximum absolute atomic E-state index is 12.3. The van der Waals surface area contributed by atoms with Gasteiger partial charge in [-0.25, -0.2) is 0 Å². The number of amides is 2. The van der Waals surface area contributed by atoms with Gasteiger partial charge in [-0.1, -0.05) is 0 Å². The molecule has 1 aliphatic rings. The second kappa shape index (κ2) is 8.57. The monoisotopic (exact) mass is 348 g/mol. The summed E-state index contributed by atoms with van der Waals surface area (Å²) in [6, 6.07) is 4.37. The molecule has 2 amide bonds. The first-order valence-corrected chi connectivity index (χ1v) is 8.49. The first-order valence-electron chi connectivity index (χ1n) is 8.49. The summed E-state index contributed by atoms with van der Waals surface area (Å²) in [4.78, 5) is 36.7. The van der Waals surface area contributed by atoms with Gasteiger partial charge in [0.25, 0.3) is 11.6 Å². The Hall–Kier alpha value is -2.48. The van der Waals surface area contributed by atoms with Crippen molar-refractivity contribution >= 4 is 17.5 Å². The molecule has 8 heteroatoms. The number of hydrogen-bond acceptors (Lipinski definition) is 5. The second-order valence-electron chi connectivity index (χ2n) is 6.22. The number of nitrogens with one attached hydrogen (secondary N) is 1. The summed E-state index contributed by atoms with van der Waals surface area (Å²) in [6.45, 7) is 3.21. The molecule has 3 N–H and O–H groups in total. The van der Waals surface area contributed by atoms with Gasteiger partial charge in [0.2, 0.25) is 5.91 Å². The molecule has 1 aromatic carbocycles. The van der Waals surface area contributed by atoms with Crippen molar-refractivity contribution in [3.63, 3.8) is 0 Å². The third kappa shape index (κ3) is 5.25. The Labute approximate surface area is 146 Å². The Balaban J connectivity index is 2.24. The number of carbonyl (C=O) groups is 2.